The molecule has 1 aliphatic heterocycles. The Morgan fingerprint density at radius 1 is 1.13 bits per heavy atom. The fourth-order valence-corrected chi connectivity index (χ4v) is 3.21. The SMILES string of the molecule is O=C(O)C1CCCN(C(=O)CCc2ccc3ccccc3c2)C1. The summed E-state index contributed by atoms with van der Waals surface area (Å²) in [6.07, 6.45) is 2.57. The van der Waals surface area contributed by atoms with Gasteiger partial charge in [0.2, 0.25) is 5.91 Å². The molecule has 1 amide bonds. The molecule has 1 saturated heterocycles. The van der Waals surface area contributed by atoms with Crippen molar-refractivity contribution >= 4 is 22.6 Å². The third-order valence-electron chi connectivity index (χ3n) is 4.56. The molecule has 3 rings (SSSR count). The molecule has 23 heavy (non-hydrogen) atoms. The number of rotatable bonds is 4. The topological polar surface area (TPSA) is 57.6 Å². The number of benzene rings is 2. The Hall–Kier alpha value is -2.36. The van der Waals surface area contributed by atoms with Gasteiger partial charge >= 0.3 is 5.97 Å². The fraction of sp³-hybridized carbons (Fsp3) is 0.368. The minimum atomic E-state index is -0.794. The van der Waals surface area contributed by atoms with Crippen LogP contribution < -0.4 is 0 Å². The first-order valence-corrected chi connectivity index (χ1v) is 8.12. The van der Waals surface area contributed by atoms with Gasteiger partial charge in [-0.3, -0.25) is 9.59 Å². The predicted molar refractivity (Wildman–Crippen MR) is 89.2 cm³/mol. The fourth-order valence-electron chi connectivity index (χ4n) is 3.21. The lowest BCUT2D eigenvalue weighted by molar-refractivity contribution is -0.145. The monoisotopic (exact) mass is 311 g/mol. The van der Waals surface area contributed by atoms with Crippen LogP contribution in [0.4, 0.5) is 0 Å². The van der Waals surface area contributed by atoms with E-state index < -0.39 is 11.9 Å². The van der Waals surface area contributed by atoms with E-state index >= 15 is 0 Å². The highest BCUT2D eigenvalue weighted by molar-refractivity contribution is 5.83. The molecule has 0 aromatic heterocycles. The maximum atomic E-state index is 12.3. The number of aryl methyl sites for hydroxylation is 1. The molecule has 2 aromatic carbocycles. The van der Waals surface area contributed by atoms with E-state index in [9.17, 15) is 9.59 Å². The maximum absolute atomic E-state index is 12.3. The third kappa shape index (κ3) is 3.70. The summed E-state index contributed by atoms with van der Waals surface area (Å²) < 4.78 is 0. The standard InChI is InChI=1S/C19H21NO3/c21-18(20-11-3-6-17(13-20)19(22)23)10-8-14-7-9-15-4-1-2-5-16(15)12-14/h1-2,4-5,7,9,12,17H,3,6,8,10-11,13H2,(H,22,23). The van der Waals surface area contributed by atoms with Gasteiger partial charge in [-0.05, 0) is 35.6 Å². The predicted octanol–water partition coefficient (Wildman–Crippen LogP) is 3.10. The molecule has 0 radical (unpaired) electrons. The van der Waals surface area contributed by atoms with Crippen molar-refractivity contribution in [2.45, 2.75) is 25.7 Å². The maximum Gasteiger partial charge on any atom is 0.308 e. The van der Waals surface area contributed by atoms with Crippen molar-refractivity contribution in [2.24, 2.45) is 5.92 Å². The number of hydrogen-bond acceptors (Lipinski definition) is 2. The number of amides is 1. The number of fused-ring (bicyclic) bond motifs is 1. The molecule has 4 heteroatoms. The Morgan fingerprint density at radius 3 is 2.70 bits per heavy atom. The van der Waals surface area contributed by atoms with Crippen molar-refractivity contribution in [3.05, 3.63) is 48.0 Å². The third-order valence-corrected chi connectivity index (χ3v) is 4.56. The highest BCUT2D eigenvalue weighted by Crippen LogP contribution is 2.19. The molecule has 1 atom stereocenters. The number of likely N-dealkylation sites (tertiary alicyclic amines) is 1. The van der Waals surface area contributed by atoms with Gasteiger partial charge in [-0.25, -0.2) is 0 Å². The summed E-state index contributed by atoms with van der Waals surface area (Å²) in [6, 6.07) is 14.4. The molecule has 120 valence electrons. The Morgan fingerprint density at radius 2 is 1.91 bits per heavy atom. The van der Waals surface area contributed by atoms with Gasteiger partial charge < -0.3 is 10.0 Å². The second-order valence-electron chi connectivity index (χ2n) is 6.20. The smallest absolute Gasteiger partial charge is 0.308 e. The number of carboxylic acid groups (broad SMARTS) is 1. The van der Waals surface area contributed by atoms with Crippen molar-refractivity contribution in [1.82, 2.24) is 4.90 Å². The number of carboxylic acids is 1. The summed E-state index contributed by atoms with van der Waals surface area (Å²) in [4.78, 5) is 25.1. The van der Waals surface area contributed by atoms with Crippen LogP contribution in [0.5, 0.6) is 0 Å². The summed E-state index contributed by atoms with van der Waals surface area (Å²) in [5.74, 6) is -1.14. The van der Waals surface area contributed by atoms with E-state index in [-0.39, 0.29) is 5.91 Å². The summed E-state index contributed by atoms with van der Waals surface area (Å²) >= 11 is 0. The quantitative estimate of drug-likeness (QED) is 0.944. The molecule has 0 spiro atoms. The Bertz CT molecular complexity index is 725. The van der Waals surface area contributed by atoms with Gasteiger partial charge in [0.25, 0.3) is 0 Å². The lowest BCUT2D eigenvalue weighted by Gasteiger charge is -2.30. The molecule has 1 N–H and O–H groups in total. The molecule has 4 nitrogen and oxygen atoms in total. The average molecular weight is 311 g/mol. The first-order valence-electron chi connectivity index (χ1n) is 8.12. The Labute approximate surface area is 135 Å². The van der Waals surface area contributed by atoms with Crippen molar-refractivity contribution in [3.8, 4) is 0 Å². The number of aliphatic carboxylic acids is 1. The van der Waals surface area contributed by atoms with Crippen LogP contribution in [0.3, 0.4) is 0 Å². The largest absolute Gasteiger partial charge is 0.481 e. The van der Waals surface area contributed by atoms with E-state index in [1.165, 1.54) is 10.8 Å². The molecule has 1 heterocycles. The van der Waals surface area contributed by atoms with Gasteiger partial charge in [-0.2, -0.15) is 0 Å². The van der Waals surface area contributed by atoms with Crippen LogP contribution >= 0.6 is 0 Å². The lowest BCUT2D eigenvalue weighted by atomic mass is 9.97. The van der Waals surface area contributed by atoms with Crippen molar-refractivity contribution < 1.29 is 14.7 Å². The average Bonchev–Trinajstić information content (AvgIpc) is 2.59. The van der Waals surface area contributed by atoms with E-state index in [2.05, 4.69) is 30.3 Å². The Kier molecular flexibility index (Phi) is 4.60. The summed E-state index contributed by atoms with van der Waals surface area (Å²) in [5.41, 5.74) is 1.14. The minimum absolute atomic E-state index is 0.0594. The molecule has 0 bridgehead atoms. The van der Waals surface area contributed by atoms with Crippen LogP contribution in [-0.2, 0) is 16.0 Å². The van der Waals surface area contributed by atoms with Crippen LogP contribution in [0.1, 0.15) is 24.8 Å². The molecule has 1 aliphatic rings. The first-order chi connectivity index (χ1) is 11.1. The normalized spacial score (nSPS) is 18.1. The van der Waals surface area contributed by atoms with Gasteiger partial charge in [0.05, 0.1) is 5.92 Å². The molecular weight excluding hydrogens is 290 g/mol. The molecule has 0 aliphatic carbocycles. The van der Waals surface area contributed by atoms with Crippen molar-refractivity contribution in [1.29, 1.82) is 0 Å². The van der Waals surface area contributed by atoms with Crippen LogP contribution in [0.25, 0.3) is 10.8 Å². The van der Waals surface area contributed by atoms with Gasteiger partial charge in [0, 0.05) is 19.5 Å². The number of piperidine rings is 1. The molecule has 1 fully saturated rings. The van der Waals surface area contributed by atoms with E-state index in [4.69, 9.17) is 5.11 Å². The second-order valence-corrected chi connectivity index (χ2v) is 6.20. The van der Waals surface area contributed by atoms with Gasteiger partial charge in [0.15, 0.2) is 0 Å². The summed E-state index contributed by atoms with van der Waals surface area (Å²) in [5, 5.41) is 11.5. The van der Waals surface area contributed by atoms with Crippen molar-refractivity contribution in [2.75, 3.05) is 13.1 Å². The minimum Gasteiger partial charge on any atom is -0.481 e. The first kappa shape index (κ1) is 15.5. The van der Waals surface area contributed by atoms with E-state index in [1.54, 1.807) is 4.90 Å². The zero-order valence-corrected chi connectivity index (χ0v) is 13.1. The molecular formula is C19H21NO3. The van der Waals surface area contributed by atoms with Crippen LogP contribution in [0.15, 0.2) is 42.5 Å². The Balaban J connectivity index is 1.60. The van der Waals surface area contributed by atoms with Gasteiger partial charge in [-0.1, -0.05) is 42.5 Å². The highest BCUT2D eigenvalue weighted by atomic mass is 16.4. The zero-order chi connectivity index (χ0) is 16.2. The van der Waals surface area contributed by atoms with E-state index in [1.807, 2.05) is 12.1 Å². The summed E-state index contributed by atoms with van der Waals surface area (Å²) in [6.45, 7) is 1.03. The highest BCUT2D eigenvalue weighted by Gasteiger charge is 2.27. The van der Waals surface area contributed by atoms with Gasteiger partial charge in [0.1, 0.15) is 0 Å². The van der Waals surface area contributed by atoms with Crippen LogP contribution in [0, 0.1) is 5.92 Å². The van der Waals surface area contributed by atoms with E-state index in [0.29, 0.717) is 32.4 Å². The zero-order valence-electron chi connectivity index (χ0n) is 13.1. The van der Waals surface area contributed by atoms with Crippen LogP contribution in [-0.4, -0.2) is 35.0 Å². The van der Waals surface area contributed by atoms with E-state index in [0.717, 1.165) is 12.0 Å². The molecule has 1 unspecified atom stereocenters. The van der Waals surface area contributed by atoms with Crippen LogP contribution in [0.2, 0.25) is 0 Å². The number of carbonyl (C=O) groups excluding carboxylic acids is 1. The number of nitrogens with zero attached hydrogens (tertiary/aromatic N) is 1. The molecule has 0 saturated carbocycles. The lowest BCUT2D eigenvalue weighted by Crippen LogP contribution is -2.42. The summed E-state index contributed by atoms with van der Waals surface area (Å²) in [7, 11) is 0. The number of hydrogen-bond donors (Lipinski definition) is 1. The number of carbonyl (C=O) groups is 2. The van der Waals surface area contributed by atoms with Gasteiger partial charge in [-0.15, -0.1) is 0 Å². The van der Waals surface area contributed by atoms with Crippen molar-refractivity contribution in [3.63, 3.8) is 0 Å². The molecule has 2 aromatic rings. The second kappa shape index (κ2) is 6.82.